The normalized spacial score (nSPS) is 18.5. The van der Waals surface area contributed by atoms with Gasteiger partial charge in [-0.1, -0.05) is 0 Å². The molecule has 0 amide bonds. The molecule has 1 aromatic heterocycles. The molecule has 0 spiro atoms. The highest BCUT2D eigenvalue weighted by molar-refractivity contribution is 9.10. The van der Waals surface area contributed by atoms with Gasteiger partial charge in [-0.15, -0.1) is 11.3 Å². The first-order valence-corrected chi connectivity index (χ1v) is 6.65. The zero-order valence-electron chi connectivity index (χ0n) is 8.59. The Bertz CT molecular complexity index is 363. The van der Waals surface area contributed by atoms with Crippen molar-refractivity contribution in [3.8, 4) is 0 Å². The first kappa shape index (κ1) is 11.3. The molecule has 1 aliphatic rings. The van der Waals surface area contributed by atoms with E-state index in [1.165, 1.54) is 0 Å². The van der Waals surface area contributed by atoms with E-state index in [2.05, 4.69) is 15.9 Å². The van der Waals surface area contributed by atoms with Crippen molar-refractivity contribution in [2.45, 2.75) is 31.3 Å². The molecular formula is C11H13BrO2S. The molecule has 0 aliphatic heterocycles. The molecule has 15 heavy (non-hydrogen) atoms. The molecule has 0 unspecified atom stereocenters. The number of methoxy groups -OCH3 is 1. The van der Waals surface area contributed by atoms with Crippen molar-refractivity contribution < 1.29 is 9.53 Å². The van der Waals surface area contributed by atoms with Crippen LogP contribution >= 0.6 is 27.3 Å². The summed E-state index contributed by atoms with van der Waals surface area (Å²) >= 11 is 5.00. The van der Waals surface area contributed by atoms with E-state index in [1.807, 2.05) is 11.4 Å². The largest absolute Gasteiger partial charge is 0.370 e. The first-order chi connectivity index (χ1) is 7.16. The van der Waals surface area contributed by atoms with Gasteiger partial charge < -0.3 is 4.74 Å². The van der Waals surface area contributed by atoms with Crippen molar-refractivity contribution in [3.63, 3.8) is 0 Å². The average Bonchev–Trinajstić information content (AvgIpc) is 2.50. The van der Waals surface area contributed by atoms with Gasteiger partial charge in [-0.3, -0.25) is 4.79 Å². The average molecular weight is 289 g/mol. The van der Waals surface area contributed by atoms with E-state index in [-0.39, 0.29) is 5.78 Å². The number of rotatable bonds is 4. The number of hydrogen-bond donors (Lipinski definition) is 0. The fourth-order valence-electron chi connectivity index (χ4n) is 1.86. The Labute approximate surface area is 102 Å². The second-order valence-electron chi connectivity index (χ2n) is 3.88. The van der Waals surface area contributed by atoms with E-state index in [0.29, 0.717) is 6.42 Å². The van der Waals surface area contributed by atoms with Crippen LogP contribution in [-0.2, 0) is 16.0 Å². The summed E-state index contributed by atoms with van der Waals surface area (Å²) in [6, 6.07) is 2.00. The molecule has 4 heteroatoms. The summed E-state index contributed by atoms with van der Waals surface area (Å²) < 4.78 is 6.41. The maximum Gasteiger partial charge on any atom is 0.169 e. The van der Waals surface area contributed by atoms with E-state index in [0.717, 1.165) is 28.6 Å². The smallest absolute Gasteiger partial charge is 0.169 e. The summed E-state index contributed by atoms with van der Waals surface area (Å²) in [6.07, 6.45) is 3.38. The van der Waals surface area contributed by atoms with Crippen molar-refractivity contribution in [2.75, 3.05) is 7.11 Å². The third kappa shape index (κ3) is 2.17. The molecule has 0 atom stereocenters. The van der Waals surface area contributed by atoms with Crippen LogP contribution in [0, 0.1) is 0 Å². The SMILES string of the molecule is COC1(C(=O)Cc2cc(Br)cs2)CCC1. The Kier molecular flexibility index (Phi) is 3.28. The van der Waals surface area contributed by atoms with Crippen molar-refractivity contribution in [1.82, 2.24) is 0 Å². The number of ether oxygens (including phenoxy) is 1. The van der Waals surface area contributed by atoms with Gasteiger partial charge in [-0.05, 0) is 41.3 Å². The highest BCUT2D eigenvalue weighted by Crippen LogP contribution is 2.37. The minimum Gasteiger partial charge on any atom is -0.370 e. The summed E-state index contributed by atoms with van der Waals surface area (Å²) in [5.74, 6) is 0.227. The molecule has 1 heterocycles. The van der Waals surface area contributed by atoms with Gasteiger partial charge in [0.1, 0.15) is 5.60 Å². The quantitative estimate of drug-likeness (QED) is 0.851. The summed E-state index contributed by atoms with van der Waals surface area (Å²) in [7, 11) is 1.64. The Balaban J connectivity index is 2.03. The monoisotopic (exact) mass is 288 g/mol. The molecule has 2 rings (SSSR count). The lowest BCUT2D eigenvalue weighted by Crippen LogP contribution is -2.47. The molecule has 1 aromatic rings. The molecule has 1 fully saturated rings. The number of carbonyl (C=O) groups is 1. The fourth-order valence-corrected chi connectivity index (χ4v) is 3.31. The number of thiophene rings is 1. The third-order valence-electron chi connectivity index (χ3n) is 3.02. The van der Waals surface area contributed by atoms with Gasteiger partial charge in [0.05, 0.1) is 0 Å². The number of hydrogen-bond acceptors (Lipinski definition) is 3. The predicted molar refractivity (Wildman–Crippen MR) is 64.3 cm³/mol. The van der Waals surface area contributed by atoms with Crippen LogP contribution in [0.15, 0.2) is 15.9 Å². The van der Waals surface area contributed by atoms with Gasteiger partial charge in [-0.2, -0.15) is 0 Å². The molecule has 0 aromatic carbocycles. The van der Waals surface area contributed by atoms with Gasteiger partial charge >= 0.3 is 0 Å². The first-order valence-electron chi connectivity index (χ1n) is 4.98. The van der Waals surface area contributed by atoms with Gasteiger partial charge in [0.25, 0.3) is 0 Å². The molecule has 0 radical (unpaired) electrons. The fraction of sp³-hybridized carbons (Fsp3) is 0.545. The number of carbonyl (C=O) groups excluding carboxylic acids is 1. The lowest BCUT2D eigenvalue weighted by molar-refractivity contribution is -0.150. The van der Waals surface area contributed by atoms with Gasteiger partial charge in [0.2, 0.25) is 0 Å². The van der Waals surface area contributed by atoms with Crippen LogP contribution in [0.3, 0.4) is 0 Å². The standard InChI is InChI=1S/C11H13BrO2S/c1-14-11(3-2-4-11)10(13)6-9-5-8(12)7-15-9/h5,7H,2-4,6H2,1H3. The minimum atomic E-state index is -0.462. The van der Waals surface area contributed by atoms with E-state index in [1.54, 1.807) is 18.4 Å². The highest BCUT2D eigenvalue weighted by atomic mass is 79.9. The second kappa shape index (κ2) is 4.36. The molecule has 1 aliphatic carbocycles. The van der Waals surface area contributed by atoms with Crippen molar-refractivity contribution in [1.29, 1.82) is 0 Å². The van der Waals surface area contributed by atoms with E-state index in [4.69, 9.17) is 4.74 Å². The van der Waals surface area contributed by atoms with E-state index < -0.39 is 5.60 Å². The Hall–Kier alpha value is -0.190. The van der Waals surface area contributed by atoms with Crippen LogP contribution in [0.2, 0.25) is 0 Å². The topological polar surface area (TPSA) is 26.3 Å². The van der Waals surface area contributed by atoms with Crippen LogP contribution in [0.1, 0.15) is 24.1 Å². The zero-order chi connectivity index (χ0) is 10.9. The molecule has 82 valence electrons. The van der Waals surface area contributed by atoms with E-state index in [9.17, 15) is 4.79 Å². The minimum absolute atomic E-state index is 0.227. The lowest BCUT2D eigenvalue weighted by Gasteiger charge is -2.38. The van der Waals surface area contributed by atoms with Gasteiger partial charge in [-0.25, -0.2) is 0 Å². The van der Waals surface area contributed by atoms with Crippen LogP contribution < -0.4 is 0 Å². The molecule has 0 N–H and O–H groups in total. The summed E-state index contributed by atoms with van der Waals surface area (Å²) in [5, 5.41) is 2.00. The Morgan fingerprint density at radius 3 is 2.80 bits per heavy atom. The lowest BCUT2D eigenvalue weighted by atomic mass is 9.76. The maximum atomic E-state index is 12.0. The molecule has 1 saturated carbocycles. The summed E-state index contributed by atoms with van der Waals surface area (Å²) in [5.41, 5.74) is -0.462. The van der Waals surface area contributed by atoms with Crippen LogP contribution in [-0.4, -0.2) is 18.5 Å². The number of Topliss-reactive ketones (excluding diaryl/α,β-unsaturated/α-hetero) is 1. The van der Waals surface area contributed by atoms with Gasteiger partial charge in [0.15, 0.2) is 5.78 Å². The second-order valence-corrected chi connectivity index (χ2v) is 5.79. The van der Waals surface area contributed by atoms with Crippen LogP contribution in [0.5, 0.6) is 0 Å². The Morgan fingerprint density at radius 2 is 2.40 bits per heavy atom. The third-order valence-corrected chi connectivity index (χ3v) is 4.71. The molecule has 0 saturated heterocycles. The van der Waals surface area contributed by atoms with Gasteiger partial charge in [0, 0.05) is 28.3 Å². The number of ketones is 1. The van der Waals surface area contributed by atoms with Crippen molar-refractivity contribution in [3.05, 3.63) is 20.8 Å². The predicted octanol–water partition coefficient (Wildman–Crippen LogP) is 3.19. The Morgan fingerprint density at radius 1 is 1.67 bits per heavy atom. The number of halogens is 1. The zero-order valence-corrected chi connectivity index (χ0v) is 11.0. The molecule has 0 bridgehead atoms. The molecule has 2 nitrogen and oxygen atoms in total. The maximum absolute atomic E-state index is 12.0. The highest BCUT2D eigenvalue weighted by Gasteiger charge is 2.43. The van der Waals surface area contributed by atoms with Crippen LogP contribution in [0.25, 0.3) is 0 Å². The molecular weight excluding hydrogens is 276 g/mol. The summed E-state index contributed by atoms with van der Waals surface area (Å²) in [6.45, 7) is 0. The van der Waals surface area contributed by atoms with E-state index >= 15 is 0 Å². The summed E-state index contributed by atoms with van der Waals surface area (Å²) in [4.78, 5) is 13.1. The van der Waals surface area contributed by atoms with Crippen molar-refractivity contribution in [2.24, 2.45) is 0 Å². The van der Waals surface area contributed by atoms with Crippen LogP contribution in [0.4, 0.5) is 0 Å². The van der Waals surface area contributed by atoms with Crippen molar-refractivity contribution >= 4 is 33.0 Å².